The number of rotatable bonds is 3. The number of carbonyl (C=O) groups is 2. The third-order valence-electron chi connectivity index (χ3n) is 3.01. The lowest BCUT2D eigenvalue weighted by Crippen LogP contribution is -1.94. The van der Waals surface area contributed by atoms with E-state index in [0.717, 1.165) is 11.8 Å². The lowest BCUT2D eigenvalue weighted by Gasteiger charge is -1.99. The fraction of sp³-hybridized carbons (Fsp3) is 0.308. The van der Waals surface area contributed by atoms with Gasteiger partial charge in [0.15, 0.2) is 6.29 Å². The van der Waals surface area contributed by atoms with Crippen LogP contribution in [0.1, 0.15) is 64.4 Å². The molecule has 0 unspecified atom stereocenters. The number of pyridine rings is 1. The van der Waals surface area contributed by atoms with Crippen molar-refractivity contribution in [3.63, 3.8) is 0 Å². The monoisotopic (exact) mass is 428 g/mol. The van der Waals surface area contributed by atoms with E-state index in [1.807, 2.05) is 73.6 Å². The van der Waals surface area contributed by atoms with Gasteiger partial charge in [-0.05, 0) is 44.2 Å². The summed E-state index contributed by atoms with van der Waals surface area (Å²) < 4.78 is 1.79. The minimum absolute atomic E-state index is 0.329. The fourth-order valence-electron chi connectivity index (χ4n) is 1.89. The third-order valence-corrected chi connectivity index (χ3v) is 3.01. The number of aromatic hydroxyl groups is 1. The van der Waals surface area contributed by atoms with E-state index in [-0.39, 0.29) is 0 Å². The molecule has 2 N–H and O–H groups in total. The van der Waals surface area contributed by atoms with Crippen molar-refractivity contribution < 1.29 is 14.7 Å². The van der Waals surface area contributed by atoms with Gasteiger partial charge in [0, 0.05) is 23.5 Å². The maximum atomic E-state index is 10.5. The van der Waals surface area contributed by atoms with Crippen LogP contribution in [0.3, 0.4) is 0 Å². The zero-order valence-corrected chi connectivity index (χ0v) is 20.3. The van der Waals surface area contributed by atoms with Crippen LogP contribution in [0.2, 0.25) is 0 Å². The molecule has 0 fully saturated rings. The molecule has 172 valence electrons. The Labute approximate surface area is 188 Å². The zero-order valence-electron chi connectivity index (χ0n) is 20.3. The SMILES string of the molecule is C=CC.CC.CC.CC.Cc1ccc(O)cc1.O=CNc1ccc2cc(C=O)cn2c1. The van der Waals surface area contributed by atoms with E-state index in [2.05, 4.69) is 11.9 Å². The van der Waals surface area contributed by atoms with Crippen molar-refractivity contribution in [2.45, 2.75) is 55.4 Å². The van der Waals surface area contributed by atoms with E-state index in [1.54, 1.807) is 47.1 Å². The Hall–Kier alpha value is -3.34. The molecule has 0 bridgehead atoms. The first-order valence-corrected chi connectivity index (χ1v) is 10.6. The Balaban J connectivity index is -0.000000393. The fourth-order valence-corrected chi connectivity index (χ4v) is 1.89. The number of nitrogens with one attached hydrogen (secondary N) is 1. The van der Waals surface area contributed by atoms with Crippen molar-refractivity contribution in [2.75, 3.05) is 5.32 Å². The number of nitrogens with zero attached hydrogens (tertiary/aromatic N) is 1. The highest BCUT2D eigenvalue weighted by Gasteiger charge is 1.98. The zero-order chi connectivity index (χ0) is 24.7. The average Bonchev–Trinajstić information content (AvgIpc) is 3.24. The minimum Gasteiger partial charge on any atom is -0.508 e. The van der Waals surface area contributed by atoms with Crippen LogP contribution in [0.5, 0.6) is 5.75 Å². The van der Waals surface area contributed by atoms with Crippen molar-refractivity contribution in [3.8, 4) is 5.75 Å². The summed E-state index contributed by atoms with van der Waals surface area (Å²) in [6.07, 6.45) is 6.61. The molecule has 0 radical (unpaired) electrons. The van der Waals surface area contributed by atoms with E-state index in [1.165, 1.54) is 5.56 Å². The predicted molar refractivity (Wildman–Crippen MR) is 135 cm³/mol. The molecular weight excluding hydrogens is 388 g/mol. The highest BCUT2D eigenvalue weighted by atomic mass is 16.3. The van der Waals surface area contributed by atoms with E-state index >= 15 is 0 Å². The highest BCUT2D eigenvalue weighted by molar-refractivity contribution is 5.79. The number of anilines is 1. The summed E-state index contributed by atoms with van der Waals surface area (Å²) in [6, 6.07) is 12.5. The van der Waals surface area contributed by atoms with Crippen molar-refractivity contribution in [1.82, 2.24) is 4.40 Å². The molecule has 1 amide bonds. The number of aldehydes is 1. The average molecular weight is 429 g/mol. The predicted octanol–water partition coefficient (Wildman–Crippen LogP) is 7.29. The Morgan fingerprint density at radius 3 is 1.84 bits per heavy atom. The first-order chi connectivity index (χ1) is 15.0. The van der Waals surface area contributed by atoms with Crippen LogP contribution in [0.15, 0.2) is 67.5 Å². The van der Waals surface area contributed by atoms with E-state index in [0.29, 0.717) is 23.4 Å². The van der Waals surface area contributed by atoms with E-state index in [9.17, 15) is 9.59 Å². The summed E-state index contributed by atoms with van der Waals surface area (Å²) in [5.41, 5.74) is 3.40. The van der Waals surface area contributed by atoms with Crippen LogP contribution >= 0.6 is 0 Å². The first-order valence-electron chi connectivity index (χ1n) is 10.6. The van der Waals surface area contributed by atoms with Gasteiger partial charge in [0.1, 0.15) is 5.75 Å². The Morgan fingerprint density at radius 2 is 1.42 bits per heavy atom. The summed E-state index contributed by atoms with van der Waals surface area (Å²) >= 11 is 0. The van der Waals surface area contributed by atoms with Gasteiger partial charge in [-0.2, -0.15) is 0 Å². The van der Waals surface area contributed by atoms with Crippen molar-refractivity contribution in [2.24, 2.45) is 0 Å². The topological polar surface area (TPSA) is 70.8 Å². The van der Waals surface area contributed by atoms with E-state index < -0.39 is 0 Å². The van der Waals surface area contributed by atoms with Crippen molar-refractivity contribution in [1.29, 1.82) is 0 Å². The number of aromatic nitrogens is 1. The van der Waals surface area contributed by atoms with Gasteiger partial charge in [-0.1, -0.05) is 65.3 Å². The van der Waals surface area contributed by atoms with Gasteiger partial charge in [-0.3, -0.25) is 9.59 Å². The summed E-state index contributed by atoms with van der Waals surface area (Å²) in [7, 11) is 0. The largest absolute Gasteiger partial charge is 0.508 e. The van der Waals surface area contributed by atoms with Crippen LogP contribution in [0.25, 0.3) is 5.52 Å². The second-order valence-corrected chi connectivity index (χ2v) is 5.15. The molecule has 0 saturated carbocycles. The summed E-state index contributed by atoms with van der Waals surface area (Å²) in [5, 5.41) is 11.3. The molecule has 31 heavy (non-hydrogen) atoms. The number of fused-ring (bicyclic) bond motifs is 1. The number of hydrogen-bond acceptors (Lipinski definition) is 3. The number of phenols is 1. The van der Waals surface area contributed by atoms with Gasteiger partial charge in [-0.25, -0.2) is 0 Å². The summed E-state index contributed by atoms with van der Waals surface area (Å²) in [4.78, 5) is 20.7. The number of phenolic OH excluding ortho intramolecular Hbond substituents is 1. The molecule has 0 aliphatic rings. The molecule has 2 heterocycles. The maximum absolute atomic E-state index is 10.5. The molecule has 0 spiro atoms. The second-order valence-electron chi connectivity index (χ2n) is 5.15. The maximum Gasteiger partial charge on any atom is 0.211 e. The van der Waals surface area contributed by atoms with Crippen LogP contribution in [0.4, 0.5) is 5.69 Å². The number of carbonyl (C=O) groups excluding carboxylic acids is 2. The van der Waals surface area contributed by atoms with Gasteiger partial charge in [0.05, 0.1) is 5.69 Å². The number of benzene rings is 1. The first kappa shape index (κ1) is 32.3. The lowest BCUT2D eigenvalue weighted by atomic mass is 10.2. The molecule has 0 aliphatic carbocycles. The smallest absolute Gasteiger partial charge is 0.211 e. The Morgan fingerprint density at radius 1 is 0.903 bits per heavy atom. The summed E-state index contributed by atoms with van der Waals surface area (Å²) in [5.74, 6) is 0.329. The normalized spacial score (nSPS) is 7.87. The number of amides is 1. The number of hydrogen-bond donors (Lipinski definition) is 2. The van der Waals surface area contributed by atoms with E-state index in [4.69, 9.17) is 5.11 Å². The molecule has 0 aliphatic heterocycles. The van der Waals surface area contributed by atoms with Gasteiger partial charge in [-0.15, -0.1) is 6.58 Å². The summed E-state index contributed by atoms with van der Waals surface area (Å²) in [6.45, 7) is 19.2. The quantitative estimate of drug-likeness (QED) is 0.340. The molecular formula is C26H40N2O3. The Kier molecular flexibility index (Phi) is 23.9. The van der Waals surface area contributed by atoms with Crippen LogP contribution < -0.4 is 5.32 Å². The van der Waals surface area contributed by atoms with Crippen LogP contribution in [-0.4, -0.2) is 22.2 Å². The molecule has 1 aromatic carbocycles. The Bertz CT molecular complexity index is 801. The van der Waals surface area contributed by atoms with Crippen LogP contribution in [-0.2, 0) is 4.79 Å². The molecule has 2 aromatic heterocycles. The van der Waals surface area contributed by atoms with Gasteiger partial charge in [0.25, 0.3) is 0 Å². The van der Waals surface area contributed by atoms with Crippen molar-refractivity contribution in [3.05, 3.63) is 78.6 Å². The minimum atomic E-state index is 0.329. The van der Waals surface area contributed by atoms with Gasteiger partial charge < -0.3 is 14.8 Å². The molecule has 0 saturated heterocycles. The third kappa shape index (κ3) is 15.2. The molecule has 3 rings (SSSR count). The molecule has 0 atom stereocenters. The highest BCUT2D eigenvalue weighted by Crippen LogP contribution is 2.13. The standard InChI is InChI=1S/C10H8N2O2.C7H8O.C3H6.3C2H6/c13-6-8-3-10-2-1-9(11-7-14)5-12(10)4-8;1-6-2-4-7(8)5-3-6;1-3-2;3*1-2/h1-7H,(H,11,14);2-5,8H,1H3;3H,1H2,2H3;3*1-2H3. The van der Waals surface area contributed by atoms with Gasteiger partial charge >= 0.3 is 0 Å². The molecule has 5 heteroatoms. The molecule has 3 aromatic rings. The number of allylic oxidation sites excluding steroid dienone is 1. The molecule has 5 nitrogen and oxygen atoms in total. The number of aryl methyl sites for hydroxylation is 1. The van der Waals surface area contributed by atoms with Crippen LogP contribution in [0, 0.1) is 6.92 Å². The lowest BCUT2D eigenvalue weighted by molar-refractivity contribution is -0.105. The van der Waals surface area contributed by atoms with Crippen molar-refractivity contribution >= 4 is 23.9 Å². The second kappa shape index (κ2) is 22.9. The van der Waals surface area contributed by atoms with Gasteiger partial charge in [0.2, 0.25) is 6.41 Å².